The van der Waals surface area contributed by atoms with Crippen molar-refractivity contribution in [1.29, 1.82) is 0 Å². The molecular weight excluding hydrogens is 564 g/mol. The summed E-state index contributed by atoms with van der Waals surface area (Å²) in [6.45, 7) is 0. The molecule has 214 valence electrons. The van der Waals surface area contributed by atoms with Crippen molar-refractivity contribution in [3.8, 4) is 56.6 Å². The van der Waals surface area contributed by atoms with Crippen molar-refractivity contribution in [2.24, 2.45) is 0 Å². The first-order valence-electron chi connectivity index (χ1n) is 15.6. The van der Waals surface area contributed by atoms with E-state index in [4.69, 9.17) is 9.47 Å². The lowest BCUT2D eigenvalue weighted by molar-refractivity contribution is 0.476. The number of benzene rings is 7. The van der Waals surface area contributed by atoms with Crippen LogP contribution in [0.3, 0.4) is 0 Å². The summed E-state index contributed by atoms with van der Waals surface area (Å²) in [7, 11) is 0. The maximum absolute atomic E-state index is 6.32. The maximum atomic E-state index is 6.32. The normalized spacial score (nSPS) is 12.7. The molecule has 46 heavy (non-hydrogen) atoms. The predicted octanol–water partition coefficient (Wildman–Crippen LogP) is 11.4. The van der Waals surface area contributed by atoms with Crippen molar-refractivity contribution in [2.75, 3.05) is 0 Å². The fraction of sp³-hybridized carbons (Fsp3) is 0. The average molecular weight is 589 g/mol. The molecule has 4 heterocycles. The molecule has 4 heteroatoms. The summed E-state index contributed by atoms with van der Waals surface area (Å²) >= 11 is 0. The van der Waals surface area contributed by atoms with Crippen LogP contribution in [0.4, 0.5) is 0 Å². The molecule has 0 unspecified atom stereocenters. The monoisotopic (exact) mass is 588 g/mol. The van der Waals surface area contributed by atoms with Crippen molar-refractivity contribution in [1.82, 2.24) is 9.13 Å². The number of hydrogen-bond acceptors (Lipinski definition) is 2. The SMILES string of the molecule is c1cc(-c2ccc3c(c2)c2cccc4c2n3-c2ccccc2O4)cc(-c2ccc3c(c2)c2cccc4c2n3-c2ccccc2O4)c1. The van der Waals surface area contributed by atoms with Crippen LogP contribution >= 0.6 is 0 Å². The highest BCUT2D eigenvalue weighted by Crippen LogP contribution is 2.47. The van der Waals surface area contributed by atoms with Gasteiger partial charge in [-0.1, -0.05) is 78.9 Å². The van der Waals surface area contributed by atoms with Crippen LogP contribution < -0.4 is 9.47 Å². The predicted molar refractivity (Wildman–Crippen MR) is 186 cm³/mol. The van der Waals surface area contributed by atoms with Gasteiger partial charge in [0, 0.05) is 21.5 Å². The summed E-state index contributed by atoms with van der Waals surface area (Å²) < 4.78 is 17.3. The Hall–Kier alpha value is -6.26. The minimum Gasteiger partial charge on any atom is -0.453 e. The number of ether oxygens (including phenoxy) is 2. The van der Waals surface area contributed by atoms with E-state index in [9.17, 15) is 0 Å². The largest absolute Gasteiger partial charge is 0.453 e. The molecule has 0 saturated carbocycles. The number of para-hydroxylation sites is 6. The highest BCUT2D eigenvalue weighted by molar-refractivity contribution is 6.14. The summed E-state index contributed by atoms with van der Waals surface area (Å²) in [5.74, 6) is 3.55. The minimum absolute atomic E-state index is 0.881. The molecule has 9 aromatic rings. The van der Waals surface area contributed by atoms with Gasteiger partial charge in [-0.15, -0.1) is 0 Å². The molecule has 0 aliphatic carbocycles. The zero-order chi connectivity index (χ0) is 29.9. The molecule has 0 saturated heterocycles. The fourth-order valence-corrected chi connectivity index (χ4v) is 7.67. The van der Waals surface area contributed by atoms with Gasteiger partial charge in [-0.3, -0.25) is 0 Å². The standard InChI is InChI=1S/C42H24N2O2/c1-3-14-37-35(12-1)43-33-20-18-27(23-31(33)29-10-6-16-39(45-37)41(29)43)25-8-5-9-26(22-25)28-19-21-34-32(24-28)30-11-7-17-40-42(30)44(34)36-13-2-4-15-38(36)46-40/h1-24H. The Morgan fingerprint density at radius 3 is 1.28 bits per heavy atom. The number of nitrogens with zero attached hydrogens (tertiary/aromatic N) is 2. The third kappa shape index (κ3) is 3.12. The van der Waals surface area contributed by atoms with Crippen molar-refractivity contribution < 1.29 is 9.47 Å². The molecule has 4 nitrogen and oxygen atoms in total. The fourth-order valence-electron chi connectivity index (χ4n) is 7.67. The van der Waals surface area contributed by atoms with E-state index in [1.807, 2.05) is 24.3 Å². The van der Waals surface area contributed by atoms with Gasteiger partial charge in [0.2, 0.25) is 0 Å². The molecule has 0 amide bonds. The molecule has 0 radical (unpaired) electrons. The van der Waals surface area contributed by atoms with E-state index in [-0.39, 0.29) is 0 Å². The van der Waals surface area contributed by atoms with Crippen LogP contribution in [0.2, 0.25) is 0 Å². The summed E-state index contributed by atoms with van der Waals surface area (Å²) in [5, 5.41) is 4.84. The summed E-state index contributed by atoms with van der Waals surface area (Å²) in [6, 6.07) is 51.8. The first-order valence-corrected chi connectivity index (χ1v) is 15.6. The molecule has 7 aromatic carbocycles. The Bertz CT molecular complexity index is 2580. The van der Waals surface area contributed by atoms with Gasteiger partial charge < -0.3 is 18.6 Å². The molecule has 0 spiro atoms. The van der Waals surface area contributed by atoms with Gasteiger partial charge in [-0.05, 0) is 89.0 Å². The first kappa shape index (κ1) is 24.1. The molecule has 11 rings (SSSR count). The van der Waals surface area contributed by atoms with Gasteiger partial charge in [-0.2, -0.15) is 0 Å². The first-order chi connectivity index (χ1) is 22.8. The van der Waals surface area contributed by atoms with Gasteiger partial charge in [0.1, 0.15) is 0 Å². The van der Waals surface area contributed by atoms with E-state index < -0.39 is 0 Å². The van der Waals surface area contributed by atoms with Gasteiger partial charge in [-0.25, -0.2) is 0 Å². The van der Waals surface area contributed by atoms with E-state index >= 15 is 0 Å². The van der Waals surface area contributed by atoms with E-state index in [1.54, 1.807) is 0 Å². The Morgan fingerprint density at radius 1 is 0.326 bits per heavy atom. The Morgan fingerprint density at radius 2 is 0.761 bits per heavy atom. The number of hydrogen-bond donors (Lipinski definition) is 0. The van der Waals surface area contributed by atoms with Crippen molar-refractivity contribution in [3.05, 3.63) is 146 Å². The number of aromatic nitrogens is 2. The van der Waals surface area contributed by atoms with Crippen LogP contribution in [-0.4, -0.2) is 9.13 Å². The third-order valence-electron chi connectivity index (χ3n) is 9.68. The van der Waals surface area contributed by atoms with E-state index in [1.165, 1.54) is 54.8 Å². The van der Waals surface area contributed by atoms with E-state index in [0.29, 0.717) is 0 Å². The molecule has 2 aliphatic rings. The third-order valence-corrected chi connectivity index (χ3v) is 9.68. The quantitative estimate of drug-likeness (QED) is 0.201. The highest BCUT2D eigenvalue weighted by atomic mass is 16.5. The van der Waals surface area contributed by atoms with Gasteiger partial charge >= 0.3 is 0 Å². The Kier molecular flexibility index (Phi) is 4.55. The lowest BCUT2D eigenvalue weighted by Gasteiger charge is -2.20. The molecule has 0 atom stereocenters. The molecule has 0 N–H and O–H groups in total. The summed E-state index contributed by atoms with van der Waals surface area (Å²) in [4.78, 5) is 0. The zero-order valence-corrected chi connectivity index (χ0v) is 24.6. The molecule has 0 fully saturated rings. The van der Waals surface area contributed by atoms with Crippen LogP contribution in [0.5, 0.6) is 23.0 Å². The van der Waals surface area contributed by atoms with Gasteiger partial charge in [0.05, 0.1) is 33.4 Å². The Labute approximate surface area is 263 Å². The van der Waals surface area contributed by atoms with Crippen molar-refractivity contribution >= 4 is 43.6 Å². The molecule has 2 aliphatic heterocycles. The second-order valence-electron chi connectivity index (χ2n) is 12.2. The highest BCUT2D eigenvalue weighted by Gasteiger charge is 2.25. The summed E-state index contributed by atoms with van der Waals surface area (Å²) in [6.07, 6.45) is 0. The van der Waals surface area contributed by atoms with Crippen molar-refractivity contribution in [3.63, 3.8) is 0 Å². The molecule has 0 bridgehead atoms. The van der Waals surface area contributed by atoms with Gasteiger partial charge in [0.15, 0.2) is 23.0 Å². The lowest BCUT2D eigenvalue weighted by Crippen LogP contribution is -2.03. The second-order valence-corrected chi connectivity index (χ2v) is 12.2. The van der Waals surface area contributed by atoms with Crippen LogP contribution in [0.15, 0.2) is 146 Å². The zero-order valence-electron chi connectivity index (χ0n) is 24.6. The lowest BCUT2D eigenvalue weighted by atomic mass is 9.97. The minimum atomic E-state index is 0.881. The average Bonchev–Trinajstić information content (AvgIpc) is 3.63. The van der Waals surface area contributed by atoms with Crippen molar-refractivity contribution in [2.45, 2.75) is 0 Å². The van der Waals surface area contributed by atoms with Crippen LogP contribution in [-0.2, 0) is 0 Å². The van der Waals surface area contributed by atoms with E-state index in [0.717, 1.165) is 45.4 Å². The number of fused-ring (bicyclic) bond motifs is 10. The van der Waals surface area contributed by atoms with Crippen LogP contribution in [0.25, 0.3) is 77.2 Å². The second kappa shape index (κ2) is 8.68. The maximum Gasteiger partial charge on any atom is 0.152 e. The van der Waals surface area contributed by atoms with Crippen LogP contribution in [0.1, 0.15) is 0 Å². The molecular formula is C42H24N2O2. The summed E-state index contributed by atoms with van der Waals surface area (Å²) in [5.41, 5.74) is 11.5. The van der Waals surface area contributed by atoms with Crippen LogP contribution in [0, 0.1) is 0 Å². The smallest absolute Gasteiger partial charge is 0.152 e. The van der Waals surface area contributed by atoms with E-state index in [2.05, 4.69) is 130 Å². The van der Waals surface area contributed by atoms with Gasteiger partial charge in [0.25, 0.3) is 0 Å². The topological polar surface area (TPSA) is 28.3 Å². The number of rotatable bonds is 2. The molecule has 2 aromatic heterocycles. The Balaban J connectivity index is 1.07.